The Kier molecular flexibility index (Phi) is 4.85. The first kappa shape index (κ1) is 19.2. The number of methoxy groups -OCH3 is 1. The smallest absolute Gasteiger partial charge is 0.332 e. The minimum atomic E-state index is -0.704. The SMILES string of the molecule is COC(=O)C=C1C(=O)N(c2nc3ccc(C)cc3s2)C(=S)N1c1ccc(F)cc1. The van der Waals surface area contributed by atoms with Gasteiger partial charge in [0.25, 0.3) is 5.91 Å². The zero-order valence-corrected chi connectivity index (χ0v) is 17.0. The molecule has 146 valence electrons. The normalized spacial score (nSPS) is 15.6. The molecule has 1 amide bonds. The van der Waals surface area contributed by atoms with Crippen LogP contribution in [0.3, 0.4) is 0 Å². The summed E-state index contributed by atoms with van der Waals surface area (Å²) in [5.74, 6) is -1.65. The van der Waals surface area contributed by atoms with Crippen LogP contribution >= 0.6 is 23.6 Å². The number of hydrogen-bond acceptors (Lipinski definition) is 6. The van der Waals surface area contributed by atoms with Gasteiger partial charge in [0, 0.05) is 5.69 Å². The van der Waals surface area contributed by atoms with E-state index in [2.05, 4.69) is 9.72 Å². The summed E-state index contributed by atoms with van der Waals surface area (Å²) in [4.78, 5) is 32.2. The molecule has 29 heavy (non-hydrogen) atoms. The number of thiazole rings is 1. The largest absolute Gasteiger partial charge is 0.466 e. The van der Waals surface area contributed by atoms with Crippen LogP contribution < -0.4 is 9.80 Å². The van der Waals surface area contributed by atoms with Gasteiger partial charge < -0.3 is 4.74 Å². The van der Waals surface area contributed by atoms with Gasteiger partial charge in [0.2, 0.25) is 0 Å². The summed E-state index contributed by atoms with van der Waals surface area (Å²) in [5, 5.41) is 0.508. The highest BCUT2D eigenvalue weighted by molar-refractivity contribution is 7.81. The maximum absolute atomic E-state index is 13.4. The molecule has 4 rings (SSSR count). The first-order chi connectivity index (χ1) is 13.9. The van der Waals surface area contributed by atoms with E-state index in [0.717, 1.165) is 21.9 Å². The molecule has 0 saturated carbocycles. The van der Waals surface area contributed by atoms with Gasteiger partial charge >= 0.3 is 5.97 Å². The van der Waals surface area contributed by atoms with Gasteiger partial charge in [-0.15, -0.1) is 0 Å². The fraction of sp³-hybridized carbons (Fsp3) is 0.100. The maximum Gasteiger partial charge on any atom is 0.332 e. The number of carbonyl (C=O) groups excluding carboxylic acids is 2. The third-order valence-corrected chi connectivity index (χ3v) is 5.68. The van der Waals surface area contributed by atoms with Crippen LogP contribution in [0.25, 0.3) is 10.2 Å². The van der Waals surface area contributed by atoms with Crippen LogP contribution in [-0.2, 0) is 14.3 Å². The van der Waals surface area contributed by atoms with Crippen molar-refractivity contribution in [2.45, 2.75) is 6.92 Å². The quantitative estimate of drug-likeness (QED) is 0.359. The molecule has 1 aliphatic rings. The van der Waals surface area contributed by atoms with Crippen molar-refractivity contribution in [3.8, 4) is 0 Å². The zero-order chi connectivity index (χ0) is 20.7. The first-order valence-corrected chi connectivity index (χ1v) is 9.72. The number of anilines is 2. The zero-order valence-electron chi connectivity index (χ0n) is 15.4. The molecule has 0 bridgehead atoms. The van der Waals surface area contributed by atoms with Crippen LogP contribution in [-0.4, -0.2) is 29.1 Å². The number of esters is 1. The molecule has 0 radical (unpaired) electrons. The molecule has 1 fully saturated rings. The minimum Gasteiger partial charge on any atom is -0.466 e. The summed E-state index contributed by atoms with van der Waals surface area (Å²) in [5.41, 5.74) is 2.26. The third kappa shape index (κ3) is 3.39. The van der Waals surface area contributed by atoms with E-state index in [1.165, 1.54) is 52.5 Å². The molecule has 1 saturated heterocycles. The molecule has 6 nitrogen and oxygen atoms in total. The van der Waals surface area contributed by atoms with E-state index in [4.69, 9.17) is 12.2 Å². The minimum absolute atomic E-state index is 0.00361. The number of halogens is 1. The summed E-state index contributed by atoms with van der Waals surface area (Å²) in [6.07, 6.45) is 1.06. The summed E-state index contributed by atoms with van der Waals surface area (Å²) < 4.78 is 19.0. The second-order valence-corrected chi connectivity index (χ2v) is 7.63. The Hall–Kier alpha value is -3.17. The van der Waals surface area contributed by atoms with Gasteiger partial charge in [0.05, 0.1) is 23.4 Å². The molecule has 0 spiro atoms. The van der Waals surface area contributed by atoms with Gasteiger partial charge in [0.15, 0.2) is 10.2 Å². The molecule has 1 aromatic heterocycles. The summed E-state index contributed by atoms with van der Waals surface area (Å²) >= 11 is 6.86. The fourth-order valence-electron chi connectivity index (χ4n) is 2.92. The molecular formula is C20H14FN3O3S2. The Morgan fingerprint density at radius 3 is 2.62 bits per heavy atom. The van der Waals surface area contributed by atoms with Crippen LogP contribution in [0.1, 0.15) is 5.56 Å². The van der Waals surface area contributed by atoms with Crippen LogP contribution in [0.15, 0.2) is 54.2 Å². The second kappa shape index (κ2) is 7.34. The van der Waals surface area contributed by atoms with E-state index in [-0.39, 0.29) is 10.8 Å². The van der Waals surface area contributed by atoms with Crippen molar-refractivity contribution in [2.75, 3.05) is 16.9 Å². The lowest BCUT2D eigenvalue weighted by Crippen LogP contribution is -2.32. The topological polar surface area (TPSA) is 62.7 Å². The molecule has 0 aliphatic carbocycles. The van der Waals surface area contributed by atoms with Crippen molar-refractivity contribution in [1.82, 2.24) is 4.98 Å². The Bertz CT molecular complexity index is 1190. The lowest BCUT2D eigenvalue weighted by molar-refractivity contribution is -0.135. The molecule has 2 aromatic carbocycles. The molecular weight excluding hydrogens is 413 g/mol. The van der Waals surface area contributed by atoms with Gasteiger partial charge in [-0.25, -0.2) is 19.1 Å². The van der Waals surface area contributed by atoms with E-state index in [1.807, 2.05) is 25.1 Å². The number of aromatic nitrogens is 1. The van der Waals surface area contributed by atoms with Gasteiger partial charge in [-0.2, -0.15) is 0 Å². The lowest BCUT2D eigenvalue weighted by atomic mass is 10.2. The average molecular weight is 427 g/mol. The fourth-order valence-corrected chi connectivity index (χ4v) is 4.42. The van der Waals surface area contributed by atoms with Crippen molar-refractivity contribution in [3.63, 3.8) is 0 Å². The first-order valence-electron chi connectivity index (χ1n) is 8.50. The number of benzene rings is 2. The Labute approximate surface area is 174 Å². The summed E-state index contributed by atoms with van der Waals surface area (Å²) in [6.45, 7) is 1.97. The number of ether oxygens (including phenoxy) is 1. The van der Waals surface area contributed by atoms with Crippen LogP contribution in [0.2, 0.25) is 0 Å². The Morgan fingerprint density at radius 2 is 1.93 bits per heavy atom. The summed E-state index contributed by atoms with van der Waals surface area (Å²) in [7, 11) is 1.22. The number of fused-ring (bicyclic) bond motifs is 1. The van der Waals surface area contributed by atoms with Crippen LogP contribution in [0, 0.1) is 12.7 Å². The van der Waals surface area contributed by atoms with Crippen LogP contribution in [0.4, 0.5) is 15.2 Å². The van der Waals surface area contributed by atoms with Gasteiger partial charge in [-0.05, 0) is 61.1 Å². The lowest BCUT2D eigenvalue weighted by Gasteiger charge is -2.19. The van der Waals surface area contributed by atoms with Gasteiger partial charge in [-0.3, -0.25) is 9.69 Å². The molecule has 2 heterocycles. The highest BCUT2D eigenvalue weighted by atomic mass is 32.1. The van der Waals surface area contributed by atoms with Gasteiger partial charge in [-0.1, -0.05) is 17.4 Å². The average Bonchev–Trinajstić information content (AvgIpc) is 3.20. The van der Waals surface area contributed by atoms with Crippen molar-refractivity contribution in [2.24, 2.45) is 0 Å². The van der Waals surface area contributed by atoms with Crippen molar-refractivity contribution >= 4 is 61.6 Å². The Morgan fingerprint density at radius 1 is 1.21 bits per heavy atom. The molecule has 0 atom stereocenters. The maximum atomic E-state index is 13.4. The predicted octanol–water partition coefficient (Wildman–Crippen LogP) is 3.94. The number of aryl methyl sites for hydroxylation is 1. The standard InChI is InChI=1S/C20H14FN3O3S2/c1-11-3-8-14-16(9-11)29-19(22-14)24-18(26)15(10-17(25)27-2)23(20(24)28)13-6-4-12(21)5-7-13/h3-10H,1-2H3. The van der Waals surface area contributed by atoms with Crippen LogP contribution in [0.5, 0.6) is 0 Å². The second-order valence-electron chi connectivity index (χ2n) is 6.26. The van der Waals surface area contributed by atoms with E-state index in [1.54, 1.807) is 0 Å². The van der Waals surface area contributed by atoms with Crippen molar-refractivity contribution < 1.29 is 18.7 Å². The monoisotopic (exact) mass is 427 g/mol. The molecule has 3 aromatic rings. The number of amides is 1. The van der Waals surface area contributed by atoms with Gasteiger partial charge in [0.1, 0.15) is 11.5 Å². The van der Waals surface area contributed by atoms with Crippen molar-refractivity contribution in [3.05, 3.63) is 65.6 Å². The third-order valence-electron chi connectivity index (χ3n) is 4.31. The Balaban J connectivity index is 1.83. The molecule has 0 N–H and O–H groups in total. The summed E-state index contributed by atoms with van der Waals surface area (Å²) in [6, 6.07) is 11.2. The number of rotatable bonds is 3. The van der Waals surface area contributed by atoms with E-state index in [9.17, 15) is 14.0 Å². The van der Waals surface area contributed by atoms with Crippen molar-refractivity contribution in [1.29, 1.82) is 0 Å². The predicted molar refractivity (Wildman–Crippen MR) is 113 cm³/mol. The van der Waals surface area contributed by atoms with E-state index >= 15 is 0 Å². The number of carbonyl (C=O) groups is 2. The number of hydrogen-bond donors (Lipinski definition) is 0. The molecule has 1 aliphatic heterocycles. The van der Waals surface area contributed by atoms with E-state index < -0.39 is 17.7 Å². The number of nitrogens with zero attached hydrogens (tertiary/aromatic N) is 3. The van der Waals surface area contributed by atoms with E-state index in [0.29, 0.717) is 10.8 Å². The molecule has 0 unspecified atom stereocenters. The number of thiocarbonyl (C=S) groups is 1. The highest BCUT2D eigenvalue weighted by Crippen LogP contribution is 2.36. The highest BCUT2D eigenvalue weighted by Gasteiger charge is 2.42. The molecule has 9 heteroatoms.